The van der Waals surface area contributed by atoms with Gasteiger partial charge in [-0.2, -0.15) is 13.2 Å². The fourth-order valence-electron chi connectivity index (χ4n) is 2.59. The summed E-state index contributed by atoms with van der Waals surface area (Å²) in [4.78, 5) is 32.3. The normalized spacial score (nSPS) is 11.7. The highest BCUT2D eigenvalue weighted by Crippen LogP contribution is 2.30. The number of halogens is 3. The molecule has 11 heteroatoms. The van der Waals surface area contributed by atoms with Crippen LogP contribution in [0.4, 0.5) is 23.7 Å². The van der Waals surface area contributed by atoms with E-state index in [0.717, 1.165) is 6.07 Å². The Labute approximate surface area is 162 Å². The summed E-state index contributed by atoms with van der Waals surface area (Å²) in [6, 6.07) is 6.33. The van der Waals surface area contributed by atoms with E-state index in [9.17, 15) is 22.8 Å². The Hall–Kier alpha value is -3.50. The molecule has 29 heavy (non-hydrogen) atoms. The molecule has 3 aromatic rings. The van der Waals surface area contributed by atoms with Crippen LogP contribution in [0.3, 0.4) is 0 Å². The summed E-state index contributed by atoms with van der Waals surface area (Å²) < 4.78 is 44.1. The summed E-state index contributed by atoms with van der Waals surface area (Å²) in [5, 5.41) is 5.12. The molecular formula is C18H18F3N5O3. The fraction of sp³-hybridized carbons (Fsp3) is 0.278. The van der Waals surface area contributed by atoms with Crippen molar-refractivity contribution in [2.75, 3.05) is 5.32 Å². The van der Waals surface area contributed by atoms with Crippen molar-refractivity contribution in [3.05, 3.63) is 52.1 Å². The molecule has 0 spiro atoms. The number of alkyl halides is 3. The number of anilines is 1. The number of imidazole rings is 1. The molecule has 0 radical (unpaired) electrons. The number of hydrogen-bond acceptors (Lipinski definition) is 4. The Morgan fingerprint density at radius 1 is 1.21 bits per heavy atom. The summed E-state index contributed by atoms with van der Waals surface area (Å²) in [7, 11) is 0. The van der Waals surface area contributed by atoms with Crippen LogP contribution in [0.15, 0.2) is 35.1 Å². The molecule has 2 amide bonds. The van der Waals surface area contributed by atoms with E-state index in [2.05, 4.69) is 25.6 Å². The van der Waals surface area contributed by atoms with Crippen molar-refractivity contribution in [3.63, 3.8) is 0 Å². The molecule has 0 bridgehead atoms. The topological polar surface area (TPSA) is 112 Å². The van der Waals surface area contributed by atoms with Crippen LogP contribution in [0.2, 0.25) is 0 Å². The summed E-state index contributed by atoms with van der Waals surface area (Å²) in [6.45, 7) is 3.20. The lowest BCUT2D eigenvalue weighted by Crippen LogP contribution is -2.29. The monoisotopic (exact) mass is 409 g/mol. The average Bonchev–Trinajstić information content (AvgIpc) is 3.00. The molecule has 2 aromatic heterocycles. The maximum absolute atomic E-state index is 12.9. The molecule has 0 saturated carbocycles. The number of carbonyl (C=O) groups excluding carboxylic acids is 1. The van der Waals surface area contributed by atoms with Gasteiger partial charge in [0, 0.05) is 12.1 Å². The van der Waals surface area contributed by atoms with Gasteiger partial charge in [0.05, 0.1) is 22.8 Å². The first kappa shape index (κ1) is 20.2. The van der Waals surface area contributed by atoms with E-state index >= 15 is 0 Å². The number of nitrogens with one attached hydrogen (secondary N) is 4. The molecule has 0 saturated heterocycles. The minimum atomic E-state index is -4.61. The first-order valence-electron chi connectivity index (χ1n) is 8.63. The number of para-hydroxylation sites is 1. The van der Waals surface area contributed by atoms with Crippen LogP contribution in [0.25, 0.3) is 11.0 Å². The number of ether oxygens (including phenoxy) is 1. The second-order valence-electron chi connectivity index (χ2n) is 6.44. The predicted molar refractivity (Wildman–Crippen MR) is 99.8 cm³/mol. The van der Waals surface area contributed by atoms with E-state index in [0.29, 0.717) is 16.7 Å². The molecule has 4 N–H and O–H groups in total. The van der Waals surface area contributed by atoms with Crippen molar-refractivity contribution >= 4 is 22.8 Å². The van der Waals surface area contributed by atoms with Crippen LogP contribution in [0, 0.1) is 0 Å². The second-order valence-corrected chi connectivity index (χ2v) is 6.44. The lowest BCUT2D eigenvalue weighted by Gasteiger charge is -2.16. The van der Waals surface area contributed by atoms with Gasteiger partial charge in [-0.3, -0.25) is 0 Å². The van der Waals surface area contributed by atoms with Gasteiger partial charge >= 0.3 is 17.9 Å². The van der Waals surface area contributed by atoms with E-state index in [4.69, 9.17) is 4.74 Å². The number of aromatic amines is 2. The molecule has 0 fully saturated rings. The van der Waals surface area contributed by atoms with Crippen molar-refractivity contribution in [2.24, 2.45) is 0 Å². The van der Waals surface area contributed by atoms with Gasteiger partial charge in [-0.15, -0.1) is 0 Å². The van der Waals surface area contributed by atoms with Gasteiger partial charge in [0.25, 0.3) is 0 Å². The maximum atomic E-state index is 12.9. The highest BCUT2D eigenvalue weighted by Gasteiger charge is 2.33. The Morgan fingerprint density at radius 3 is 2.66 bits per heavy atom. The van der Waals surface area contributed by atoms with E-state index < -0.39 is 29.7 Å². The smallest absolute Gasteiger partial charge is 0.433 e. The number of carbonyl (C=O) groups is 1. The van der Waals surface area contributed by atoms with Crippen molar-refractivity contribution < 1.29 is 22.7 Å². The number of hydrogen-bond donors (Lipinski definition) is 4. The highest BCUT2D eigenvalue weighted by molar-refractivity contribution is 5.98. The third-order valence-electron chi connectivity index (χ3n) is 3.82. The third-order valence-corrected chi connectivity index (χ3v) is 3.82. The Bertz CT molecular complexity index is 1090. The minimum Gasteiger partial charge on any atom is -0.475 e. The number of urea groups is 1. The largest absolute Gasteiger partial charge is 0.475 e. The molecule has 0 aliphatic heterocycles. The lowest BCUT2D eigenvalue weighted by molar-refractivity contribution is -0.141. The van der Waals surface area contributed by atoms with Crippen LogP contribution in [-0.4, -0.2) is 27.1 Å². The van der Waals surface area contributed by atoms with Crippen molar-refractivity contribution in [3.8, 4) is 5.88 Å². The van der Waals surface area contributed by atoms with Crippen LogP contribution in [0.5, 0.6) is 5.88 Å². The van der Waals surface area contributed by atoms with Gasteiger partial charge in [-0.1, -0.05) is 6.07 Å². The van der Waals surface area contributed by atoms with Crippen molar-refractivity contribution in [2.45, 2.75) is 32.7 Å². The SMILES string of the molecule is CC(C)Oc1nc(C(F)(F)F)ccc1CNC(=O)Nc1cccc2[nH]c(=O)[nH]c12. The molecule has 1 aromatic carbocycles. The van der Waals surface area contributed by atoms with Gasteiger partial charge in [0.15, 0.2) is 0 Å². The minimum absolute atomic E-state index is 0.112. The molecular weight excluding hydrogens is 391 g/mol. The van der Waals surface area contributed by atoms with Crippen molar-refractivity contribution in [1.82, 2.24) is 20.3 Å². The number of amides is 2. The highest BCUT2D eigenvalue weighted by atomic mass is 19.4. The van der Waals surface area contributed by atoms with E-state index in [1.165, 1.54) is 6.07 Å². The van der Waals surface area contributed by atoms with Crippen LogP contribution >= 0.6 is 0 Å². The van der Waals surface area contributed by atoms with Gasteiger partial charge in [0.2, 0.25) is 5.88 Å². The Balaban J connectivity index is 1.74. The summed E-state index contributed by atoms with van der Waals surface area (Å²) in [6.07, 6.45) is -5.01. The molecule has 3 rings (SSSR count). The number of fused-ring (bicyclic) bond motifs is 1. The predicted octanol–water partition coefficient (Wildman–Crippen LogP) is 3.38. The second kappa shape index (κ2) is 7.86. The first-order valence-corrected chi connectivity index (χ1v) is 8.63. The molecule has 0 aliphatic carbocycles. The van der Waals surface area contributed by atoms with E-state index in [1.807, 2.05) is 0 Å². The summed E-state index contributed by atoms with van der Waals surface area (Å²) in [5.41, 5.74) is 0.100. The van der Waals surface area contributed by atoms with Gasteiger partial charge < -0.3 is 25.3 Å². The molecule has 2 heterocycles. The number of benzene rings is 1. The van der Waals surface area contributed by atoms with E-state index in [-0.39, 0.29) is 18.0 Å². The summed E-state index contributed by atoms with van der Waals surface area (Å²) in [5.74, 6) is -0.202. The standard InChI is InChI=1S/C18H18F3N5O3/c1-9(2)29-15-10(6-7-13(25-15)18(19,20)21)8-22-16(27)23-11-4-3-5-12-14(11)26-17(28)24-12/h3-7,9H,8H2,1-2H3,(H2,22,23,27)(H2,24,26,28). The molecule has 0 aliphatic rings. The van der Waals surface area contributed by atoms with Crippen LogP contribution in [0.1, 0.15) is 25.1 Å². The first-order chi connectivity index (χ1) is 13.6. The van der Waals surface area contributed by atoms with Crippen LogP contribution in [-0.2, 0) is 12.7 Å². The quantitative estimate of drug-likeness (QED) is 0.518. The van der Waals surface area contributed by atoms with E-state index in [1.54, 1.807) is 32.0 Å². The number of H-pyrrole nitrogens is 2. The number of nitrogens with zero attached hydrogens (tertiary/aromatic N) is 1. The summed E-state index contributed by atoms with van der Waals surface area (Å²) >= 11 is 0. The zero-order valence-corrected chi connectivity index (χ0v) is 15.5. The van der Waals surface area contributed by atoms with Gasteiger partial charge in [-0.25, -0.2) is 14.6 Å². The Morgan fingerprint density at radius 2 is 1.97 bits per heavy atom. The molecule has 154 valence electrons. The molecule has 0 atom stereocenters. The fourth-order valence-corrected chi connectivity index (χ4v) is 2.59. The number of rotatable bonds is 5. The molecule has 8 nitrogen and oxygen atoms in total. The zero-order valence-electron chi connectivity index (χ0n) is 15.5. The van der Waals surface area contributed by atoms with Crippen LogP contribution < -0.4 is 21.1 Å². The lowest BCUT2D eigenvalue weighted by atomic mass is 10.2. The van der Waals surface area contributed by atoms with Gasteiger partial charge in [-0.05, 0) is 38.1 Å². The third kappa shape index (κ3) is 4.86. The zero-order chi connectivity index (χ0) is 21.2. The number of aromatic nitrogens is 3. The number of pyridine rings is 1. The van der Waals surface area contributed by atoms with Crippen molar-refractivity contribution in [1.29, 1.82) is 0 Å². The van der Waals surface area contributed by atoms with Gasteiger partial charge in [0.1, 0.15) is 5.69 Å². The Kier molecular flexibility index (Phi) is 5.48. The maximum Gasteiger partial charge on any atom is 0.433 e. The molecule has 0 unspecified atom stereocenters. The average molecular weight is 409 g/mol.